The zero-order chi connectivity index (χ0) is 21.4. The molecule has 3 heterocycles. The second-order valence-corrected chi connectivity index (χ2v) is 8.33. The molecule has 4 rings (SSSR count). The minimum Gasteiger partial charge on any atom is -0.376 e. The van der Waals surface area contributed by atoms with Crippen molar-refractivity contribution in [1.29, 1.82) is 0 Å². The molecule has 0 aliphatic carbocycles. The van der Waals surface area contributed by atoms with Gasteiger partial charge in [-0.1, -0.05) is 11.6 Å². The van der Waals surface area contributed by atoms with Crippen LogP contribution < -0.4 is 10.2 Å². The maximum Gasteiger partial charge on any atom is 0.270 e. The summed E-state index contributed by atoms with van der Waals surface area (Å²) in [5.41, 5.74) is 3.46. The minimum absolute atomic E-state index is 0.0379. The van der Waals surface area contributed by atoms with E-state index in [2.05, 4.69) is 9.88 Å². The van der Waals surface area contributed by atoms with Crippen molar-refractivity contribution >= 4 is 52.5 Å². The van der Waals surface area contributed by atoms with Crippen LogP contribution in [0.15, 0.2) is 35.9 Å². The number of hydrogen-bond donors (Lipinski definition) is 1. The highest BCUT2D eigenvalue weighted by Gasteiger charge is 2.34. The van der Waals surface area contributed by atoms with Crippen LogP contribution >= 0.6 is 23.8 Å². The Balaban J connectivity index is 1.66. The summed E-state index contributed by atoms with van der Waals surface area (Å²) in [6, 6.07) is 8.71. The Bertz CT molecular complexity index is 1050. The predicted molar refractivity (Wildman–Crippen MR) is 121 cm³/mol. The highest BCUT2D eigenvalue weighted by atomic mass is 35.5. The highest BCUT2D eigenvalue weighted by molar-refractivity contribution is 7.80. The third-order valence-electron chi connectivity index (χ3n) is 5.51. The van der Waals surface area contributed by atoms with E-state index in [-0.39, 0.29) is 16.8 Å². The average molecular weight is 444 g/mol. The van der Waals surface area contributed by atoms with Crippen LogP contribution in [0.25, 0.3) is 6.08 Å². The van der Waals surface area contributed by atoms with Crippen LogP contribution in [0.3, 0.4) is 0 Å². The van der Waals surface area contributed by atoms with Gasteiger partial charge in [-0.05, 0) is 80.9 Å². The smallest absolute Gasteiger partial charge is 0.270 e. The van der Waals surface area contributed by atoms with Gasteiger partial charge in [0.1, 0.15) is 5.57 Å². The molecule has 1 atom stereocenters. The zero-order valence-electron chi connectivity index (χ0n) is 16.8. The maximum atomic E-state index is 13.2. The third kappa shape index (κ3) is 3.93. The highest BCUT2D eigenvalue weighted by Crippen LogP contribution is 2.26. The molecule has 0 bridgehead atoms. The van der Waals surface area contributed by atoms with Crippen LogP contribution in [-0.4, -0.2) is 34.2 Å². The number of rotatable bonds is 4. The van der Waals surface area contributed by atoms with Crippen molar-refractivity contribution in [2.45, 2.75) is 39.3 Å². The number of nitrogens with zero attached hydrogens (tertiary/aromatic N) is 2. The van der Waals surface area contributed by atoms with Gasteiger partial charge in [0.2, 0.25) is 0 Å². The summed E-state index contributed by atoms with van der Waals surface area (Å²) in [6.07, 6.45) is 3.96. The second kappa shape index (κ2) is 8.34. The van der Waals surface area contributed by atoms with Crippen LogP contribution in [0.2, 0.25) is 5.02 Å². The van der Waals surface area contributed by atoms with Crippen LogP contribution in [0.1, 0.15) is 29.8 Å². The summed E-state index contributed by atoms with van der Waals surface area (Å²) in [7, 11) is 0. The van der Waals surface area contributed by atoms with E-state index in [4.69, 9.17) is 28.6 Å². The van der Waals surface area contributed by atoms with E-state index in [9.17, 15) is 9.59 Å². The molecule has 8 heteroatoms. The lowest BCUT2D eigenvalue weighted by Crippen LogP contribution is -2.54. The van der Waals surface area contributed by atoms with Gasteiger partial charge in [-0.15, -0.1) is 0 Å². The normalized spacial score (nSPS) is 20.9. The minimum atomic E-state index is -0.501. The first kappa shape index (κ1) is 20.8. The second-order valence-electron chi connectivity index (χ2n) is 7.51. The largest absolute Gasteiger partial charge is 0.376 e. The summed E-state index contributed by atoms with van der Waals surface area (Å²) in [6.45, 7) is 5.57. The molecule has 1 N–H and O–H groups in total. The Kier molecular flexibility index (Phi) is 5.77. The summed E-state index contributed by atoms with van der Waals surface area (Å²) in [5, 5.41) is 3.21. The standard InChI is InChI=1S/C22H22ClN3O3S/c1-13-10-15(14(2)25(13)12-18-4-3-9-29-18)11-19-20(27)24-22(30)26(21(19)28)17-7-5-16(23)6-8-17/h5-8,10-11,18H,3-4,9,12H2,1-2H3,(H,24,27,30)/b19-11+/t18-/m0/s1. The number of nitrogens with one attached hydrogen (secondary N) is 1. The van der Waals surface area contributed by atoms with E-state index >= 15 is 0 Å². The number of carbonyl (C=O) groups is 2. The number of ether oxygens (including phenoxy) is 1. The fourth-order valence-corrected chi connectivity index (χ4v) is 4.29. The van der Waals surface area contributed by atoms with Crippen molar-refractivity contribution < 1.29 is 14.3 Å². The molecule has 6 nitrogen and oxygen atoms in total. The maximum absolute atomic E-state index is 13.2. The predicted octanol–water partition coefficient (Wildman–Crippen LogP) is 3.77. The molecule has 1 aromatic carbocycles. The number of carbonyl (C=O) groups excluding carboxylic acids is 2. The van der Waals surface area contributed by atoms with Crippen molar-refractivity contribution in [3.63, 3.8) is 0 Å². The number of halogens is 1. The van der Waals surface area contributed by atoms with E-state index in [1.165, 1.54) is 4.90 Å². The van der Waals surface area contributed by atoms with Gasteiger partial charge < -0.3 is 9.30 Å². The van der Waals surface area contributed by atoms with Gasteiger partial charge in [-0.3, -0.25) is 19.8 Å². The molecular formula is C22H22ClN3O3S. The molecular weight excluding hydrogens is 422 g/mol. The molecule has 2 fully saturated rings. The molecule has 0 radical (unpaired) electrons. The van der Waals surface area contributed by atoms with E-state index in [1.54, 1.807) is 30.3 Å². The lowest BCUT2D eigenvalue weighted by molar-refractivity contribution is -0.122. The molecule has 2 aliphatic rings. The number of aryl methyl sites for hydroxylation is 1. The lowest BCUT2D eigenvalue weighted by Gasteiger charge is -2.29. The summed E-state index contributed by atoms with van der Waals surface area (Å²) in [5.74, 6) is -0.964. The summed E-state index contributed by atoms with van der Waals surface area (Å²) in [4.78, 5) is 27.0. The van der Waals surface area contributed by atoms with Gasteiger partial charge in [0.05, 0.1) is 11.8 Å². The number of anilines is 1. The first-order valence-electron chi connectivity index (χ1n) is 9.80. The Hall–Kier alpha value is -2.48. The van der Waals surface area contributed by atoms with Crippen LogP contribution in [0.5, 0.6) is 0 Å². The van der Waals surface area contributed by atoms with Gasteiger partial charge in [0, 0.05) is 29.6 Å². The molecule has 0 spiro atoms. The van der Waals surface area contributed by atoms with Crippen molar-refractivity contribution in [1.82, 2.24) is 9.88 Å². The lowest BCUT2D eigenvalue weighted by atomic mass is 10.1. The van der Waals surface area contributed by atoms with Crippen molar-refractivity contribution in [3.8, 4) is 0 Å². The molecule has 0 saturated carbocycles. The summed E-state index contributed by atoms with van der Waals surface area (Å²) >= 11 is 11.2. The average Bonchev–Trinajstić information content (AvgIpc) is 3.30. The molecule has 2 saturated heterocycles. The number of amides is 2. The molecule has 0 unspecified atom stereocenters. The van der Waals surface area contributed by atoms with E-state index in [1.807, 2.05) is 19.9 Å². The SMILES string of the molecule is Cc1cc(/C=C2\C(=O)NC(=S)N(c3ccc(Cl)cc3)C2=O)c(C)n1C[C@@H]1CCCO1. The van der Waals surface area contributed by atoms with Crippen LogP contribution in [-0.2, 0) is 20.9 Å². The molecule has 2 amide bonds. The Morgan fingerprint density at radius 2 is 2.00 bits per heavy atom. The zero-order valence-corrected chi connectivity index (χ0v) is 18.3. The Labute approximate surface area is 185 Å². The van der Waals surface area contributed by atoms with Crippen molar-refractivity contribution in [3.05, 3.63) is 57.9 Å². The molecule has 30 heavy (non-hydrogen) atoms. The fourth-order valence-electron chi connectivity index (χ4n) is 3.88. The molecule has 156 valence electrons. The van der Waals surface area contributed by atoms with E-state index in [0.717, 1.165) is 42.9 Å². The first-order valence-corrected chi connectivity index (χ1v) is 10.6. The third-order valence-corrected chi connectivity index (χ3v) is 6.05. The van der Waals surface area contributed by atoms with Crippen molar-refractivity contribution in [2.24, 2.45) is 0 Å². The van der Waals surface area contributed by atoms with Gasteiger partial charge in [0.15, 0.2) is 5.11 Å². The van der Waals surface area contributed by atoms with Gasteiger partial charge in [-0.25, -0.2) is 0 Å². The number of benzene rings is 1. The molecule has 2 aromatic rings. The van der Waals surface area contributed by atoms with E-state index in [0.29, 0.717) is 10.7 Å². The fraction of sp³-hybridized carbons (Fsp3) is 0.318. The number of aromatic nitrogens is 1. The number of thiocarbonyl (C=S) groups is 1. The topological polar surface area (TPSA) is 63.6 Å². The van der Waals surface area contributed by atoms with E-state index < -0.39 is 11.8 Å². The van der Waals surface area contributed by atoms with Crippen LogP contribution in [0, 0.1) is 13.8 Å². The number of hydrogen-bond acceptors (Lipinski definition) is 4. The Morgan fingerprint density at radius 3 is 2.67 bits per heavy atom. The molecule has 2 aliphatic heterocycles. The summed E-state index contributed by atoms with van der Waals surface area (Å²) < 4.78 is 7.93. The van der Waals surface area contributed by atoms with Crippen LogP contribution in [0.4, 0.5) is 5.69 Å². The molecule has 1 aromatic heterocycles. The Morgan fingerprint density at radius 1 is 1.27 bits per heavy atom. The first-order chi connectivity index (χ1) is 14.3. The van der Waals surface area contributed by atoms with Gasteiger partial charge in [-0.2, -0.15) is 0 Å². The quantitative estimate of drug-likeness (QED) is 0.444. The van der Waals surface area contributed by atoms with Gasteiger partial charge in [0.25, 0.3) is 11.8 Å². The van der Waals surface area contributed by atoms with Crippen molar-refractivity contribution in [2.75, 3.05) is 11.5 Å². The monoisotopic (exact) mass is 443 g/mol. The van der Waals surface area contributed by atoms with Gasteiger partial charge >= 0.3 is 0 Å².